The van der Waals surface area contributed by atoms with Crippen molar-refractivity contribution in [1.82, 2.24) is 0 Å². The van der Waals surface area contributed by atoms with Crippen LogP contribution >= 0.6 is 0 Å². The first-order chi connectivity index (χ1) is 31.8. The largest absolute Gasteiger partial charge is 0.492 e. The molecule has 0 radical (unpaired) electrons. The molecule has 68 heavy (non-hydrogen) atoms. The second-order valence-electron chi connectivity index (χ2n) is 23.3. The van der Waals surface area contributed by atoms with E-state index in [1.165, 1.54) is 0 Å². The van der Waals surface area contributed by atoms with Crippen molar-refractivity contribution < 1.29 is 18.9 Å². The summed E-state index contributed by atoms with van der Waals surface area (Å²) >= 11 is 0. The zero-order chi connectivity index (χ0) is 50.5. The Bertz CT molecular complexity index is 2040. The fourth-order valence-corrected chi connectivity index (χ4v) is 8.52. The number of ether oxygens (including phenoxy) is 4. The Hall–Kier alpha value is -4.96. The minimum Gasteiger partial charge on any atom is -0.492 e. The van der Waals surface area contributed by atoms with Gasteiger partial charge >= 0.3 is 0 Å². The van der Waals surface area contributed by atoms with E-state index in [1.807, 2.05) is 0 Å². The number of fused-ring (bicyclic) bond motifs is 8. The van der Waals surface area contributed by atoms with Crippen LogP contribution in [0.25, 0.3) is 22.3 Å². The van der Waals surface area contributed by atoms with E-state index >= 15 is 0 Å². The average molecular weight is 921 g/mol. The highest BCUT2D eigenvalue weighted by atomic mass is 16.5. The van der Waals surface area contributed by atoms with Crippen molar-refractivity contribution in [1.29, 1.82) is 0 Å². The SMILES string of the molecule is C=C1c2cc(C(C)(C)C)cc(c2OCCCC)C(=C)c2cc(C(C)(C)C)cc(c2OCCCC)C(=C)c2cc(C(C)(C)C)cc(c2OCCCC)C(=C)c2cc(C(C)(C)C)cc1c2OCCCC. The first-order valence-corrected chi connectivity index (χ1v) is 25.8. The molecule has 0 unspecified atom stereocenters. The number of unbranched alkanes of at least 4 members (excludes halogenated alkanes) is 4. The van der Waals surface area contributed by atoms with E-state index in [0.29, 0.717) is 26.4 Å². The van der Waals surface area contributed by atoms with Crippen LogP contribution in [0, 0.1) is 0 Å². The summed E-state index contributed by atoms with van der Waals surface area (Å²) in [4.78, 5) is 0. The standard InChI is InChI=1S/C64H88O4/c1-21-25-29-65-57-49-33-45(61(9,10)11)34-50(57)42(6)52-36-47(63(15,16)17)38-54(59(52)67-31-27-23-3)44(8)56-40-48(64(18,19)20)39-55(60(56)68-32-28-24-4)43(7)53-37-46(62(12,13)14)35-51(41(49)5)58(53)66-30-26-22-2/h33-40H,5-8,21-32H2,1-4,9-20H3. The third-order valence-electron chi connectivity index (χ3n) is 13.4. The second-order valence-corrected chi connectivity index (χ2v) is 23.3. The van der Waals surface area contributed by atoms with Crippen molar-refractivity contribution in [2.75, 3.05) is 26.4 Å². The lowest BCUT2D eigenvalue weighted by Gasteiger charge is -2.31. The summed E-state index contributed by atoms with van der Waals surface area (Å²) in [6.07, 6.45) is 7.60. The van der Waals surface area contributed by atoms with E-state index in [4.69, 9.17) is 45.3 Å². The highest BCUT2D eigenvalue weighted by Gasteiger charge is 2.33. The van der Waals surface area contributed by atoms with Crippen LogP contribution in [-0.2, 0) is 21.7 Å². The molecule has 4 nitrogen and oxygen atoms in total. The maximum atomic E-state index is 7.11. The van der Waals surface area contributed by atoms with Crippen molar-refractivity contribution in [3.63, 3.8) is 0 Å². The van der Waals surface area contributed by atoms with Crippen molar-refractivity contribution in [3.05, 3.63) is 142 Å². The normalized spacial score (nSPS) is 13.5. The van der Waals surface area contributed by atoms with Gasteiger partial charge in [0.2, 0.25) is 0 Å². The molecule has 0 saturated heterocycles. The summed E-state index contributed by atoms with van der Waals surface area (Å²) in [7, 11) is 0. The van der Waals surface area contributed by atoms with Gasteiger partial charge in [-0.1, -0.05) is 163 Å². The molecule has 0 spiro atoms. The summed E-state index contributed by atoms with van der Waals surface area (Å²) in [5, 5.41) is 0. The Labute approximate surface area is 414 Å². The number of hydrogen-bond donors (Lipinski definition) is 0. The van der Waals surface area contributed by atoms with Gasteiger partial charge < -0.3 is 18.9 Å². The number of hydrogen-bond acceptors (Lipinski definition) is 4. The molecule has 0 amide bonds. The Kier molecular flexibility index (Phi) is 17.3. The fourth-order valence-electron chi connectivity index (χ4n) is 8.52. The molecule has 8 bridgehead atoms. The van der Waals surface area contributed by atoms with Gasteiger partial charge in [0.1, 0.15) is 23.0 Å². The minimum absolute atomic E-state index is 0.227. The number of rotatable bonds is 16. The Balaban J connectivity index is 2.16. The lowest BCUT2D eigenvalue weighted by molar-refractivity contribution is 0.304. The molecule has 4 aromatic carbocycles. The summed E-state index contributed by atoms with van der Waals surface area (Å²) in [5.74, 6) is 3.06. The van der Waals surface area contributed by atoms with Crippen LogP contribution in [0.1, 0.15) is 229 Å². The molecule has 1 aliphatic carbocycles. The van der Waals surface area contributed by atoms with Gasteiger partial charge in [-0.3, -0.25) is 0 Å². The van der Waals surface area contributed by atoms with Gasteiger partial charge in [-0.15, -0.1) is 0 Å². The van der Waals surface area contributed by atoms with Crippen molar-refractivity contribution in [3.8, 4) is 23.0 Å². The smallest absolute Gasteiger partial charge is 0.134 e. The molecule has 5 rings (SSSR count). The summed E-state index contributed by atoms with van der Waals surface area (Å²) in [5.41, 5.74) is 14.4. The highest BCUT2D eigenvalue weighted by molar-refractivity contribution is 5.98. The van der Waals surface area contributed by atoms with Gasteiger partial charge in [-0.2, -0.15) is 0 Å². The zero-order valence-electron chi connectivity index (χ0n) is 45.6. The molecule has 0 fully saturated rings. The molecular weight excluding hydrogens is 833 g/mol. The average Bonchev–Trinajstić information content (AvgIpc) is 3.26. The molecule has 0 aliphatic heterocycles. The van der Waals surface area contributed by atoms with Crippen molar-refractivity contribution in [2.45, 2.75) is 184 Å². The maximum absolute atomic E-state index is 7.11. The van der Waals surface area contributed by atoms with Crippen molar-refractivity contribution in [2.24, 2.45) is 0 Å². The van der Waals surface area contributed by atoms with E-state index in [0.717, 1.165) is 163 Å². The van der Waals surface area contributed by atoms with E-state index in [2.05, 4.69) is 159 Å². The van der Waals surface area contributed by atoms with Gasteiger partial charge in [0.15, 0.2) is 0 Å². The molecule has 0 atom stereocenters. The molecule has 4 heteroatoms. The van der Waals surface area contributed by atoms with E-state index in [-0.39, 0.29) is 21.7 Å². The fraction of sp³-hybridized carbons (Fsp3) is 0.500. The molecule has 4 aromatic rings. The first kappa shape index (κ1) is 54.0. The third-order valence-corrected chi connectivity index (χ3v) is 13.4. The molecule has 368 valence electrons. The Morgan fingerprint density at radius 1 is 0.294 bits per heavy atom. The molecule has 0 aromatic heterocycles. The highest BCUT2D eigenvalue weighted by Crippen LogP contribution is 2.52. The summed E-state index contributed by atoms with van der Waals surface area (Å²) in [6, 6.07) is 18.4. The first-order valence-electron chi connectivity index (χ1n) is 25.8. The van der Waals surface area contributed by atoms with Crippen LogP contribution in [0.4, 0.5) is 0 Å². The third kappa shape index (κ3) is 12.1. The van der Waals surface area contributed by atoms with Crippen LogP contribution in [0.15, 0.2) is 74.8 Å². The van der Waals surface area contributed by atoms with Crippen LogP contribution in [-0.4, -0.2) is 26.4 Å². The van der Waals surface area contributed by atoms with Gasteiger partial charge in [0.25, 0.3) is 0 Å². The Morgan fingerprint density at radius 2 is 0.441 bits per heavy atom. The van der Waals surface area contributed by atoms with Gasteiger partial charge in [-0.25, -0.2) is 0 Å². The van der Waals surface area contributed by atoms with Crippen LogP contribution in [0.5, 0.6) is 23.0 Å². The topological polar surface area (TPSA) is 36.9 Å². The van der Waals surface area contributed by atoms with Crippen molar-refractivity contribution >= 4 is 22.3 Å². The quantitative estimate of drug-likeness (QED) is 0.0924. The van der Waals surface area contributed by atoms with E-state index in [1.54, 1.807) is 0 Å². The van der Waals surface area contributed by atoms with Gasteiger partial charge in [0.05, 0.1) is 26.4 Å². The van der Waals surface area contributed by atoms with Gasteiger partial charge in [-0.05, 0) is 140 Å². The number of benzene rings is 4. The molecule has 1 aliphatic rings. The second kappa shape index (κ2) is 21.8. The zero-order valence-corrected chi connectivity index (χ0v) is 45.6. The lowest BCUT2D eigenvalue weighted by atomic mass is 9.77. The minimum atomic E-state index is -0.227. The monoisotopic (exact) mass is 921 g/mol. The van der Waals surface area contributed by atoms with E-state index < -0.39 is 0 Å². The molecular formula is C64H88O4. The van der Waals surface area contributed by atoms with Crippen LogP contribution in [0.3, 0.4) is 0 Å². The lowest BCUT2D eigenvalue weighted by Crippen LogP contribution is -2.17. The molecule has 0 heterocycles. The Morgan fingerprint density at radius 3 is 0.559 bits per heavy atom. The summed E-state index contributed by atoms with van der Waals surface area (Å²) in [6.45, 7) is 58.4. The predicted molar refractivity (Wildman–Crippen MR) is 295 cm³/mol. The van der Waals surface area contributed by atoms with E-state index in [9.17, 15) is 0 Å². The summed E-state index contributed by atoms with van der Waals surface area (Å²) < 4.78 is 28.4. The van der Waals surface area contributed by atoms with Crippen LogP contribution < -0.4 is 18.9 Å². The molecule has 0 N–H and O–H groups in total. The van der Waals surface area contributed by atoms with Gasteiger partial charge in [0, 0.05) is 44.5 Å². The van der Waals surface area contributed by atoms with Crippen LogP contribution in [0.2, 0.25) is 0 Å². The predicted octanol–water partition coefficient (Wildman–Crippen LogP) is 18.2. The maximum Gasteiger partial charge on any atom is 0.134 e. The molecule has 0 saturated carbocycles.